The van der Waals surface area contributed by atoms with Gasteiger partial charge in [0.15, 0.2) is 0 Å². The third-order valence-electron chi connectivity index (χ3n) is 3.93. The van der Waals surface area contributed by atoms with E-state index in [1.165, 1.54) is 6.07 Å². The number of benzene rings is 2. The molecule has 2 heterocycles. The van der Waals surface area contributed by atoms with Gasteiger partial charge in [0.25, 0.3) is 0 Å². The van der Waals surface area contributed by atoms with Crippen molar-refractivity contribution in [1.82, 2.24) is 15.1 Å². The van der Waals surface area contributed by atoms with E-state index in [1.807, 2.05) is 44.2 Å². The zero-order chi connectivity index (χ0) is 19.9. The summed E-state index contributed by atoms with van der Waals surface area (Å²) in [5, 5.41) is 7.19. The fourth-order valence-electron chi connectivity index (χ4n) is 2.72. The zero-order valence-electron chi connectivity index (χ0n) is 16.0. The Balaban J connectivity index is 0.00000109. The van der Waals surface area contributed by atoms with Crippen molar-refractivity contribution in [3.8, 4) is 22.5 Å². The van der Waals surface area contributed by atoms with E-state index in [1.54, 1.807) is 37.4 Å². The van der Waals surface area contributed by atoms with Crippen molar-refractivity contribution < 1.29 is 8.91 Å². The molecule has 0 aliphatic carbocycles. The van der Waals surface area contributed by atoms with Crippen LogP contribution in [0.1, 0.15) is 19.6 Å². The molecule has 0 saturated carbocycles. The summed E-state index contributed by atoms with van der Waals surface area (Å²) < 4.78 is 19.5. The number of aryl methyl sites for hydroxylation is 1. The van der Waals surface area contributed by atoms with E-state index in [0.29, 0.717) is 34.2 Å². The maximum Gasteiger partial charge on any atom is 0.227 e. The lowest BCUT2D eigenvalue weighted by molar-refractivity contribution is 0.400. The number of aromatic nitrogens is 3. The highest BCUT2D eigenvalue weighted by Gasteiger charge is 2.20. The van der Waals surface area contributed by atoms with Crippen molar-refractivity contribution in [2.45, 2.75) is 20.8 Å². The van der Waals surface area contributed by atoms with E-state index in [-0.39, 0.29) is 5.82 Å². The van der Waals surface area contributed by atoms with Crippen LogP contribution >= 0.6 is 0 Å². The second kappa shape index (κ2) is 8.90. The summed E-state index contributed by atoms with van der Waals surface area (Å²) >= 11 is 0. The smallest absolute Gasteiger partial charge is 0.227 e. The van der Waals surface area contributed by atoms with Crippen LogP contribution in [0.15, 0.2) is 71.4 Å². The molecule has 0 unspecified atom stereocenters. The van der Waals surface area contributed by atoms with Crippen LogP contribution < -0.4 is 5.32 Å². The lowest BCUT2D eigenvalue weighted by Gasteiger charge is -2.07. The first-order valence-electron chi connectivity index (χ1n) is 9.09. The fraction of sp³-hybridized carbons (Fsp3) is 0.136. The predicted molar refractivity (Wildman–Crippen MR) is 109 cm³/mol. The Bertz CT molecular complexity index is 1050. The van der Waals surface area contributed by atoms with Crippen molar-refractivity contribution in [3.63, 3.8) is 0 Å². The van der Waals surface area contributed by atoms with Gasteiger partial charge in [-0.1, -0.05) is 49.3 Å². The zero-order valence-corrected chi connectivity index (χ0v) is 16.0. The molecule has 0 amide bonds. The van der Waals surface area contributed by atoms with Gasteiger partial charge in [0.2, 0.25) is 5.95 Å². The van der Waals surface area contributed by atoms with Crippen LogP contribution in [-0.2, 0) is 0 Å². The molecule has 0 aliphatic heterocycles. The third kappa shape index (κ3) is 4.06. The van der Waals surface area contributed by atoms with Gasteiger partial charge in [0.1, 0.15) is 17.3 Å². The number of nitrogens with zero attached hydrogens (tertiary/aromatic N) is 3. The fourth-order valence-corrected chi connectivity index (χ4v) is 2.72. The largest absolute Gasteiger partial charge is 0.360 e. The molecule has 2 aromatic heterocycles. The molecule has 6 heteroatoms. The Hall–Kier alpha value is -3.54. The Morgan fingerprint density at radius 2 is 1.64 bits per heavy atom. The molecule has 0 bridgehead atoms. The lowest BCUT2D eigenvalue weighted by Crippen LogP contribution is -1.98. The van der Waals surface area contributed by atoms with Gasteiger partial charge in [-0.25, -0.2) is 14.4 Å². The summed E-state index contributed by atoms with van der Waals surface area (Å²) in [5.74, 6) is 0.639. The molecule has 0 radical (unpaired) electrons. The van der Waals surface area contributed by atoms with E-state index in [2.05, 4.69) is 20.4 Å². The average Bonchev–Trinajstić information content (AvgIpc) is 3.12. The second-order valence-electron chi connectivity index (χ2n) is 5.70. The molecule has 142 valence electrons. The van der Waals surface area contributed by atoms with Crippen molar-refractivity contribution in [2.75, 3.05) is 5.32 Å². The number of halogens is 1. The Morgan fingerprint density at radius 1 is 0.929 bits per heavy atom. The standard InChI is InChI=1S/C20H15FN4O.C2H6/c1-13-18(19(25-26-13)15-9-5-6-10-16(15)21)17-11-12-22-20(24-17)23-14-7-3-2-4-8-14;1-2/h2-12H,1H3,(H,22,23,24);1-2H3. The molecule has 0 aliphatic rings. The summed E-state index contributed by atoms with van der Waals surface area (Å²) in [4.78, 5) is 8.79. The highest BCUT2D eigenvalue weighted by atomic mass is 19.1. The number of anilines is 2. The Kier molecular flexibility index (Phi) is 6.11. The summed E-state index contributed by atoms with van der Waals surface area (Å²) in [6.07, 6.45) is 1.64. The minimum absolute atomic E-state index is 0.362. The third-order valence-corrected chi connectivity index (χ3v) is 3.93. The molecule has 0 fully saturated rings. The Morgan fingerprint density at radius 3 is 2.39 bits per heavy atom. The summed E-state index contributed by atoms with van der Waals surface area (Å²) in [6.45, 7) is 5.78. The first-order chi connectivity index (χ1) is 13.7. The van der Waals surface area contributed by atoms with Gasteiger partial charge in [-0.3, -0.25) is 0 Å². The summed E-state index contributed by atoms with van der Waals surface area (Å²) in [6, 6.07) is 17.8. The number of para-hydroxylation sites is 1. The average molecular weight is 376 g/mol. The molecule has 2 aromatic carbocycles. The van der Waals surface area contributed by atoms with Crippen LogP contribution in [0.2, 0.25) is 0 Å². The van der Waals surface area contributed by atoms with Gasteiger partial charge in [-0.15, -0.1) is 0 Å². The monoisotopic (exact) mass is 376 g/mol. The van der Waals surface area contributed by atoms with E-state index < -0.39 is 0 Å². The number of hydrogen-bond acceptors (Lipinski definition) is 5. The molecule has 5 nitrogen and oxygen atoms in total. The minimum atomic E-state index is -0.362. The van der Waals surface area contributed by atoms with E-state index in [4.69, 9.17) is 4.52 Å². The lowest BCUT2D eigenvalue weighted by atomic mass is 10.0. The van der Waals surface area contributed by atoms with Crippen molar-refractivity contribution in [1.29, 1.82) is 0 Å². The maximum absolute atomic E-state index is 14.2. The highest BCUT2D eigenvalue weighted by Crippen LogP contribution is 2.34. The van der Waals surface area contributed by atoms with Crippen LogP contribution in [0.4, 0.5) is 16.0 Å². The maximum atomic E-state index is 14.2. The quantitative estimate of drug-likeness (QED) is 0.472. The molecule has 0 atom stereocenters. The van der Waals surface area contributed by atoms with Gasteiger partial charge in [-0.05, 0) is 37.3 Å². The minimum Gasteiger partial charge on any atom is -0.360 e. The first kappa shape index (κ1) is 19.2. The van der Waals surface area contributed by atoms with Gasteiger partial charge in [0, 0.05) is 17.4 Å². The van der Waals surface area contributed by atoms with Crippen LogP contribution in [0.25, 0.3) is 22.5 Å². The van der Waals surface area contributed by atoms with Crippen LogP contribution in [0, 0.1) is 12.7 Å². The molecule has 4 aromatic rings. The van der Waals surface area contributed by atoms with Crippen molar-refractivity contribution >= 4 is 11.6 Å². The molecule has 0 spiro atoms. The second-order valence-corrected chi connectivity index (χ2v) is 5.70. The normalized spacial score (nSPS) is 10.1. The SMILES string of the molecule is CC.Cc1onc(-c2ccccc2F)c1-c1ccnc(Nc2ccccc2)n1. The first-order valence-corrected chi connectivity index (χ1v) is 9.09. The van der Waals surface area contributed by atoms with Crippen LogP contribution in [0.3, 0.4) is 0 Å². The number of hydrogen-bond donors (Lipinski definition) is 1. The van der Waals surface area contributed by atoms with E-state index in [0.717, 1.165) is 5.69 Å². The van der Waals surface area contributed by atoms with Crippen LogP contribution in [0.5, 0.6) is 0 Å². The van der Waals surface area contributed by atoms with Crippen LogP contribution in [-0.4, -0.2) is 15.1 Å². The van der Waals surface area contributed by atoms with Gasteiger partial charge in [-0.2, -0.15) is 0 Å². The van der Waals surface area contributed by atoms with E-state index >= 15 is 0 Å². The molecule has 0 saturated heterocycles. The van der Waals surface area contributed by atoms with E-state index in [9.17, 15) is 4.39 Å². The molecular formula is C22H21FN4O. The summed E-state index contributed by atoms with van der Waals surface area (Å²) in [5.41, 5.74) is 2.92. The number of rotatable bonds is 4. The molecule has 4 rings (SSSR count). The topological polar surface area (TPSA) is 63.8 Å². The predicted octanol–water partition coefficient (Wildman–Crippen LogP) is 6.02. The molecule has 28 heavy (non-hydrogen) atoms. The Labute approximate surface area is 163 Å². The van der Waals surface area contributed by atoms with Crippen molar-refractivity contribution in [3.05, 3.63) is 78.4 Å². The highest BCUT2D eigenvalue weighted by molar-refractivity contribution is 5.80. The number of nitrogens with one attached hydrogen (secondary N) is 1. The van der Waals surface area contributed by atoms with Crippen molar-refractivity contribution in [2.24, 2.45) is 0 Å². The van der Waals surface area contributed by atoms with Gasteiger partial charge >= 0.3 is 0 Å². The van der Waals surface area contributed by atoms with Gasteiger partial charge < -0.3 is 9.84 Å². The molecule has 1 N–H and O–H groups in total. The summed E-state index contributed by atoms with van der Waals surface area (Å²) in [7, 11) is 0. The van der Waals surface area contributed by atoms with Gasteiger partial charge in [0.05, 0.1) is 11.3 Å². The molecular weight excluding hydrogens is 355 g/mol.